The molecule has 1 aliphatic heterocycles. The Morgan fingerprint density at radius 2 is 1.76 bits per heavy atom. The Labute approximate surface area is 195 Å². The molecule has 0 aliphatic carbocycles. The number of piperazine rings is 1. The second-order valence-corrected chi connectivity index (χ2v) is 8.96. The third kappa shape index (κ3) is 5.97. The van der Waals surface area contributed by atoms with E-state index in [2.05, 4.69) is 24.1 Å². The molecule has 1 aromatic carbocycles. The first-order valence-corrected chi connectivity index (χ1v) is 11.6. The van der Waals surface area contributed by atoms with Crippen molar-refractivity contribution in [2.75, 3.05) is 31.1 Å². The van der Waals surface area contributed by atoms with Crippen molar-refractivity contribution in [3.05, 3.63) is 57.0 Å². The molecule has 0 spiro atoms. The van der Waals surface area contributed by atoms with Gasteiger partial charge in [-0.2, -0.15) is 0 Å². The summed E-state index contributed by atoms with van der Waals surface area (Å²) in [5.74, 6) is 1.98. The van der Waals surface area contributed by atoms with Gasteiger partial charge in [0.05, 0.1) is 4.92 Å². The van der Waals surface area contributed by atoms with Crippen LogP contribution < -0.4 is 10.2 Å². The number of carbonyl (C=O) groups excluding carboxylic acids is 1. The molecule has 2 heterocycles. The summed E-state index contributed by atoms with van der Waals surface area (Å²) in [6.07, 6.45) is 1.54. The lowest BCUT2D eigenvalue weighted by Crippen LogP contribution is -2.53. The van der Waals surface area contributed by atoms with Gasteiger partial charge in [0.25, 0.3) is 5.69 Å². The number of carbonyl (C=O) groups is 1. The molecule has 178 valence electrons. The average molecular weight is 455 g/mol. The molecule has 2 aromatic rings. The third-order valence-electron chi connectivity index (χ3n) is 6.07. The highest BCUT2D eigenvalue weighted by Crippen LogP contribution is 2.28. The van der Waals surface area contributed by atoms with Gasteiger partial charge in [0, 0.05) is 67.9 Å². The minimum atomic E-state index is -0.389. The summed E-state index contributed by atoms with van der Waals surface area (Å²) in [6, 6.07) is 6.72. The normalized spacial score (nSPS) is 15.0. The summed E-state index contributed by atoms with van der Waals surface area (Å²) in [7, 11) is 0. The number of non-ortho nitro benzene ring substituents is 1. The minimum Gasteiger partial charge on any atom is -0.353 e. The molecule has 0 saturated carbocycles. The van der Waals surface area contributed by atoms with Crippen LogP contribution in [0.3, 0.4) is 0 Å². The van der Waals surface area contributed by atoms with Gasteiger partial charge >= 0.3 is 6.03 Å². The Bertz CT molecular complexity index is 984. The van der Waals surface area contributed by atoms with Crippen LogP contribution >= 0.6 is 0 Å². The van der Waals surface area contributed by atoms with E-state index in [9.17, 15) is 14.9 Å². The Hall–Kier alpha value is -3.23. The minimum absolute atomic E-state index is 0.0325. The predicted molar refractivity (Wildman–Crippen MR) is 129 cm³/mol. The number of nitro groups is 1. The van der Waals surface area contributed by atoms with Crippen LogP contribution in [0.5, 0.6) is 0 Å². The molecular weight excluding hydrogens is 420 g/mol. The van der Waals surface area contributed by atoms with Gasteiger partial charge in [-0.25, -0.2) is 14.8 Å². The Kier molecular flexibility index (Phi) is 7.84. The molecule has 1 saturated heterocycles. The molecule has 1 fully saturated rings. The standard InChI is InChI=1S/C24H34N6O3/c1-6-17(4)22-26-18(5)21(15-19-7-9-20(10-8-19)30(32)33)23(27-22)28-11-13-29(14-12-28)24(31)25-16(2)3/h7-10,16-17H,6,11-15H2,1-5H3,(H,25,31)/t17-/m0/s1. The molecule has 1 atom stereocenters. The van der Waals surface area contributed by atoms with Crippen molar-refractivity contribution >= 4 is 17.5 Å². The van der Waals surface area contributed by atoms with Crippen molar-refractivity contribution < 1.29 is 9.72 Å². The van der Waals surface area contributed by atoms with Gasteiger partial charge in [-0.05, 0) is 32.8 Å². The van der Waals surface area contributed by atoms with E-state index in [1.807, 2.05) is 25.7 Å². The first-order valence-electron chi connectivity index (χ1n) is 11.6. The lowest BCUT2D eigenvalue weighted by molar-refractivity contribution is -0.384. The van der Waals surface area contributed by atoms with E-state index in [-0.39, 0.29) is 28.6 Å². The number of aromatic nitrogens is 2. The quantitative estimate of drug-likeness (QED) is 0.500. The van der Waals surface area contributed by atoms with E-state index < -0.39 is 0 Å². The van der Waals surface area contributed by atoms with E-state index in [1.165, 1.54) is 12.1 Å². The van der Waals surface area contributed by atoms with Crippen LogP contribution in [0.4, 0.5) is 16.3 Å². The molecule has 1 N–H and O–H groups in total. The number of amides is 2. The van der Waals surface area contributed by atoms with Gasteiger partial charge in [0.2, 0.25) is 0 Å². The van der Waals surface area contributed by atoms with Gasteiger partial charge in [0.1, 0.15) is 11.6 Å². The Morgan fingerprint density at radius 1 is 1.12 bits per heavy atom. The first-order chi connectivity index (χ1) is 15.7. The lowest BCUT2D eigenvalue weighted by Gasteiger charge is -2.37. The second kappa shape index (κ2) is 10.6. The zero-order valence-corrected chi connectivity index (χ0v) is 20.2. The topological polar surface area (TPSA) is 105 Å². The van der Waals surface area contributed by atoms with Gasteiger partial charge in [0.15, 0.2) is 0 Å². The molecule has 0 unspecified atom stereocenters. The number of hydrogen-bond acceptors (Lipinski definition) is 6. The summed E-state index contributed by atoms with van der Waals surface area (Å²) < 4.78 is 0. The highest BCUT2D eigenvalue weighted by molar-refractivity contribution is 5.74. The average Bonchev–Trinajstić information content (AvgIpc) is 2.79. The van der Waals surface area contributed by atoms with Crippen LogP contribution in [0.15, 0.2) is 24.3 Å². The lowest BCUT2D eigenvalue weighted by atomic mass is 10.0. The van der Waals surface area contributed by atoms with Crippen molar-refractivity contribution in [1.29, 1.82) is 0 Å². The molecule has 0 bridgehead atoms. The maximum atomic E-state index is 12.4. The predicted octanol–water partition coefficient (Wildman–Crippen LogP) is 4.04. The van der Waals surface area contributed by atoms with Crippen LogP contribution in [-0.2, 0) is 6.42 Å². The molecule has 9 nitrogen and oxygen atoms in total. The van der Waals surface area contributed by atoms with E-state index >= 15 is 0 Å². The highest BCUT2D eigenvalue weighted by Gasteiger charge is 2.26. The zero-order chi connectivity index (χ0) is 24.1. The number of anilines is 1. The molecule has 0 radical (unpaired) electrons. The smallest absolute Gasteiger partial charge is 0.317 e. The summed E-state index contributed by atoms with van der Waals surface area (Å²) in [5.41, 5.74) is 3.00. The summed E-state index contributed by atoms with van der Waals surface area (Å²) >= 11 is 0. The number of nitro benzene ring substituents is 1. The van der Waals surface area contributed by atoms with Crippen molar-refractivity contribution in [3.63, 3.8) is 0 Å². The number of benzene rings is 1. The Balaban J connectivity index is 1.88. The number of nitrogens with one attached hydrogen (secondary N) is 1. The zero-order valence-electron chi connectivity index (χ0n) is 20.2. The maximum Gasteiger partial charge on any atom is 0.317 e. The number of rotatable bonds is 7. The summed E-state index contributed by atoms with van der Waals surface area (Å²) in [4.78, 5) is 36.9. The molecule has 9 heteroatoms. The monoisotopic (exact) mass is 454 g/mol. The molecule has 3 rings (SSSR count). The highest BCUT2D eigenvalue weighted by atomic mass is 16.6. The van der Waals surface area contributed by atoms with Crippen molar-refractivity contribution in [2.45, 2.75) is 59.4 Å². The van der Waals surface area contributed by atoms with E-state index in [4.69, 9.17) is 9.97 Å². The van der Waals surface area contributed by atoms with E-state index in [0.717, 1.165) is 34.9 Å². The van der Waals surface area contributed by atoms with E-state index in [0.29, 0.717) is 32.6 Å². The molecule has 33 heavy (non-hydrogen) atoms. The molecule has 1 aromatic heterocycles. The summed E-state index contributed by atoms with van der Waals surface area (Å²) in [5, 5.41) is 14.0. The largest absolute Gasteiger partial charge is 0.353 e. The van der Waals surface area contributed by atoms with E-state index in [1.54, 1.807) is 12.1 Å². The number of urea groups is 1. The van der Waals surface area contributed by atoms with Crippen LogP contribution in [0.25, 0.3) is 0 Å². The molecular formula is C24H34N6O3. The maximum absolute atomic E-state index is 12.4. The third-order valence-corrected chi connectivity index (χ3v) is 6.07. The van der Waals surface area contributed by atoms with Crippen molar-refractivity contribution in [1.82, 2.24) is 20.2 Å². The number of aryl methyl sites for hydroxylation is 1. The fourth-order valence-corrected chi connectivity index (χ4v) is 3.87. The van der Waals surface area contributed by atoms with Crippen molar-refractivity contribution in [3.8, 4) is 0 Å². The van der Waals surface area contributed by atoms with Crippen LogP contribution in [0.1, 0.15) is 62.7 Å². The number of nitrogens with zero attached hydrogens (tertiary/aromatic N) is 5. The molecule has 2 amide bonds. The van der Waals surface area contributed by atoms with Gasteiger partial charge < -0.3 is 15.1 Å². The van der Waals surface area contributed by atoms with Gasteiger partial charge in [-0.1, -0.05) is 26.0 Å². The SMILES string of the molecule is CC[C@H](C)c1nc(C)c(Cc2ccc([N+](=O)[O-])cc2)c(N2CCN(C(=O)NC(C)C)CC2)n1. The number of hydrogen-bond donors (Lipinski definition) is 1. The van der Waals surface area contributed by atoms with Crippen LogP contribution in [-0.4, -0.2) is 58.0 Å². The van der Waals surface area contributed by atoms with Crippen LogP contribution in [0.2, 0.25) is 0 Å². The van der Waals surface area contributed by atoms with Gasteiger partial charge in [-0.15, -0.1) is 0 Å². The van der Waals surface area contributed by atoms with Gasteiger partial charge in [-0.3, -0.25) is 10.1 Å². The van der Waals surface area contributed by atoms with Crippen molar-refractivity contribution in [2.24, 2.45) is 0 Å². The fourth-order valence-electron chi connectivity index (χ4n) is 3.87. The first kappa shape index (κ1) is 24.4. The Morgan fingerprint density at radius 3 is 2.30 bits per heavy atom. The second-order valence-electron chi connectivity index (χ2n) is 8.96. The van der Waals surface area contributed by atoms with Crippen LogP contribution in [0, 0.1) is 17.0 Å². The molecule has 1 aliphatic rings. The summed E-state index contributed by atoms with van der Waals surface area (Å²) in [6.45, 7) is 12.8. The fraction of sp³-hybridized carbons (Fsp3) is 0.542.